The van der Waals surface area contributed by atoms with Crippen LogP contribution in [0.4, 0.5) is 0 Å². The highest BCUT2D eigenvalue weighted by Crippen LogP contribution is 2.28. The van der Waals surface area contributed by atoms with E-state index in [4.69, 9.17) is 19.3 Å². The summed E-state index contributed by atoms with van der Waals surface area (Å²) in [4.78, 5) is 11.0. The molecular formula is C12H20O11. The van der Waals surface area contributed by atoms with Crippen molar-refractivity contribution in [3.63, 3.8) is 0 Å². The van der Waals surface area contributed by atoms with E-state index in [0.717, 1.165) is 0 Å². The van der Waals surface area contributed by atoms with Gasteiger partial charge in [0, 0.05) is 0 Å². The summed E-state index contributed by atoms with van der Waals surface area (Å²) in [6.45, 7) is 1.40. The van der Waals surface area contributed by atoms with Gasteiger partial charge in [-0.15, -0.1) is 0 Å². The van der Waals surface area contributed by atoms with E-state index in [-0.39, 0.29) is 0 Å². The van der Waals surface area contributed by atoms with Gasteiger partial charge in [0.25, 0.3) is 0 Å². The minimum atomic E-state index is -1.90. The maximum atomic E-state index is 11.0. The maximum Gasteiger partial charge on any atom is 0.335 e. The van der Waals surface area contributed by atoms with Gasteiger partial charge in [-0.25, -0.2) is 4.79 Å². The molecule has 0 spiro atoms. The third kappa shape index (κ3) is 3.47. The number of aliphatic hydroxyl groups excluding tert-OH is 6. The zero-order valence-electron chi connectivity index (χ0n) is 12.0. The molecular weight excluding hydrogens is 320 g/mol. The Hall–Kier alpha value is -0.890. The first-order chi connectivity index (χ1) is 10.6. The van der Waals surface area contributed by atoms with E-state index >= 15 is 0 Å². The number of hydrogen-bond donors (Lipinski definition) is 7. The number of carbonyl (C=O) groups is 1. The third-order valence-electron chi connectivity index (χ3n) is 3.91. The summed E-state index contributed by atoms with van der Waals surface area (Å²) in [7, 11) is 0. The van der Waals surface area contributed by atoms with Gasteiger partial charge in [0.15, 0.2) is 18.7 Å². The molecule has 2 aliphatic heterocycles. The minimum Gasteiger partial charge on any atom is -0.479 e. The first kappa shape index (κ1) is 18.4. The summed E-state index contributed by atoms with van der Waals surface area (Å²) in [5.74, 6) is -1.60. The molecule has 0 aromatic carbocycles. The lowest BCUT2D eigenvalue weighted by Crippen LogP contribution is -2.64. The minimum absolute atomic E-state index is 0.892. The molecule has 0 saturated carbocycles. The zero-order valence-corrected chi connectivity index (χ0v) is 12.0. The van der Waals surface area contributed by atoms with Crippen LogP contribution >= 0.6 is 0 Å². The molecule has 7 N–H and O–H groups in total. The second-order valence-corrected chi connectivity index (χ2v) is 5.55. The summed E-state index contributed by atoms with van der Waals surface area (Å²) < 4.78 is 14.9. The average molecular weight is 340 g/mol. The van der Waals surface area contributed by atoms with Crippen LogP contribution in [-0.2, 0) is 19.0 Å². The van der Waals surface area contributed by atoms with Crippen LogP contribution in [0.3, 0.4) is 0 Å². The predicted molar refractivity (Wildman–Crippen MR) is 67.8 cm³/mol. The molecule has 0 aromatic heterocycles. The first-order valence-corrected chi connectivity index (χ1v) is 6.92. The molecule has 11 heteroatoms. The summed E-state index contributed by atoms with van der Waals surface area (Å²) in [6.07, 6.45) is -16.5. The Bertz CT molecular complexity index is 431. The van der Waals surface area contributed by atoms with Crippen LogP contribution in [0.1, 0.15) is 6.92 Å². The zero-order chi connectivity index (χ0) is 17.5. The highest BCUT2D eigenvalue weighted by atomic mass is 16.7. The largest absolute Gasteiger partial charge is 0.479 e. The molecule has 0 amide bonds. The van der Waals surface area contributed by atoms with Crippen molar-refractivity contribution in [2.45, 2.75) is 68.3 Å². The fraction of sp³-hybridized carbons (Fsp3) is 0.917. The van der Waals surface area contributed by atoms with Gasteiger partial charge in [-0.2, -0.15) is 0 Å². The molecule has 2 heterocycles. The fourth-order valence-corrected chi connectivity index (χ4v) is 2.49. The van der Waals surface area contributed by atoms with Crippen molar-refractivity contribution in [2.75, 3.05) is 0 Å². The van der Waals surface area contributed by atoms with Crippen LogP contribution in [0, 0.1) is 0 Å². The van der Waals surface area contributed by atoms with E-state index in [1.54, 1.807) is 0 Å². The molecule has 11 nitrogen and oxygen atoms in total. The van der Waals surface area contributed by atoms with E-state index in [1.165, 1.54) is 6.92 Å². The lowest BCUT2D eigenvalue weighted by Gasteiger charge is -2.44. The van der Waals surface area contributed by atoms with Crippen LogP contribution < -0.4 is 0 Å². The molecule has 2 fully saturated rings. The van der Waals surface area contributed by atoms with Gasteiger partial charge in [-0.1, -0.05) is 0 Å². The number of carboxylic acids is 1. The molecule has 0 aliphatic carbocycles. The van der Waals surface area contributed by atoms with Crippen molar-refractivity contribution in [1.82, 2.24) is 0 Å². The maximum absolute atomic E-state index is 11.0. The number of carboxylic acid groups (broad SMARTS) is 1. The smallest absolute Gasteiger partial charge is 0.335 e. The number of ether oxygens (including phenoxy) is 3. The van der Waals surface area contributed by atoms with Crippen molar-refractivity contribution >= 4 is 5.97 Å². The van der Waals surface area contributed by atoms with Gasteiger partial charge >= 0.3 is 5.97 Å². The number of hydrogen-bond acceptors (Lipinski definition) is 10. The Labute approximate surface area is 130 Å². The van der Waals surface area contributed by atoms with Gasteiger partial charge in [0.1, 0.15) is 36.6 Å². The highest BCUT2D eigenvalue weighted by Gasteiger charge is 2.51. The molecule has 134 valence electrons. The Morgan fingerprint density at radius 3 is 2.04 bits per heavy atom. The second-order valence-electron chi connectivity index (χ2n) is 5.55. The van der Waals surface area contributed by atoms with Crippen LogP contribution in [-0.4, -0.2) is 103 Å². The Kier molecular flexibility index (Phi) is 5.56. The summed E-state index contributed by atoms with van der Waals surface area (Å²) >= 11 is 0. The van der Waals surface area contributed by atoms with E-state index in [1.807, 2.05) is 0 Å². The van der Waals surface area contributed by atoms with Crippen molar-refractivity contribution in [2.24, 2.45) is 0 Å². The molecule has 0 bridgehead atoms. The van der Waals surface area contributed by atoms with Gasteiger partial charge in [0.2, 0.25) is 0 Å². The normalized spacial score (nSPS) is 51.4. The van der Waals surface area contributed by atoms with E-state index in [2.05, 4.69) is 0 Å². The first-order valence-electron chi connectivity index (χ1n) is 6.92. The van der Waals surface area contributed by atoms with Gasteiger partial charge in [0.05, 0.1) is 6.10 Å². The summed E-state index contributed by atoms with van der Waals surface area (Å²) in [6, 6.07) is 0. The van der Waals surface area contributed by atoms with Crippen molar-refractivity contribution < 1.29 is 54.8 Å². The van der Waals surface area contributed by atoms with Crippen LogP contribution in [0.25, 0.3) is 0 Å². The molecule has 0 unspecified atom stereocenters. The molecule has 2 saturated heterocycles. The standard InChI is InChI=1S/C12H20O11/c1-2-3(13)5(15)9(11(20)21-2)23-12-7(17)4(14)6(16)8(22-12)10(18)19/h2-9,11-17,20H,1H3,(H,18,19)/t2-,3-,4-,5+,6+,7+,8-,9+,11+,12+/m0/s1. The van der Waals surface area contributed by atoms with Crippen molar-refractivity contribution in [3.8, 4) is 0 Å². The predicted octanol–water partition coefficient (Wildman–Crippen LogP) is -4.28. The highest BCUT2D eigenvalue weighted by molar-refractivity contribution is 5.73. The van der Waals surface area contributed by atoms with Crippen molar-refractivity contribution in [1.29, 1.82) is 0 Å². The fourth-order valence-electron chi connectivity index (χ4n) is 2.49. The topological polar surface area (TPSA) is 186 Å². The molecule has 2 aliphatic rings. The van der Waals surface area contributed by atoms with E-state index < -0.39 is 67.4 Å². The average Bonchev–Trinajstić information content (AvgIpc) is 2.48. The SMILES string of the molecule is C[C@@H]1O[C@@H](O)[C@H](O[C@H]2O[C@H](C(=O)O)[C@H](O)[C@H](O)[C@H]2O)[C@H](O)[C@H]1O. The van der Waals surface area contributed by atoms with Crippen LogP contribution in [0.5, 0.6) is 0 Å². The lowest BCUT2D eigenvalue weighted by molar-refractivity contribution is -0.355. The Balaban J connectivity index is 2.12. The number of aliphatic carboxylic acids is 1. The molecule has 0 aromatic rings. The van der Waals surface area contributed by atoms with Gasteiger partial charge in [-0.3, -0.25) is 0 Å². The molecule has 2 rings (SSSR count). The van der Waals surface area contributed by atoms with E-state index in [0.29, 0.717) is 0 Å². The summed E-state index contributed by atoms with van der Waals surface area (Å²) in [5.41, 5.74) is 0. The lowest BCUT2D eigenvalue weighted by atomic mass is 9.97. The molecule has 0 radical (unpaired) electrons. The molecule has 10 atom stereocenters. The van der Waals surface area contributed by atoms with Crippen molar-refractivity contribution in [3.05, 3.63) is 0 Å². The monoisotopic (exact) mass is 340 g/mol. The van der Waals surface area contributed by atoms with Gasteiger partial charge < -0.3 is 50.0 Å². The quantitative estimate of drug-likeness (QED) is 0.263. The van der Waals surface area contributed by atoms with Crippen LogP contribution in [0.2, 0.25) is 0 Å². The van der Waals surface area contributed by atoms with Gasteiger partial charge in [-0.05, 0) is 6.92 Å². The number of rotatable bonds is 3. The Morgan fingerprint density at radius 1 is 0.870 bits per heavy atom. The summed E-state index contributed by atoms with van der Waals surface area (Å²) in [5, 5.41) is 67.3. The third-order valence-corrected chi connectivity index (χ3v) is 3.91. The van der Waals surface area contributed by atoms with E-state index in [9.17, 15) is 35.4 Å². The number of aliphatic hydroxyl groups is 6. The Morgan fingerprint density at radius 2 is 1.48 bits per heavy atom. The second kappa shape index (κ2) is 6.93. The van der Waals surface area contributed by atoms with Crippen LogP contribution in [0.15, 0.2) is 0 Å². The molecule has 23 heavy (non-hydrogen) atoms.